The molecule has 0 saturated carbocycles. The second kappa shape index (κ2) is 10.5. The third kappa shape index (κ3) is 4.69. The number of hydrogen-bond acceptors (Lipinski definition) is 3. The molecule has 1 N–H and O–H groups in total. The molecule has 0 aromatic heterocycles. The molecule has 3 aromatic rings. The number of halogens is 1. The Balaban J connectivity index is 0.00000280. The summed E-state index contributed by atoms with van der Waals surface area (Å²) in [4.78, 5) is 11.4. The van der Waals surface area contributed by atoms with Crippen LogP contribution in [0.4, 0.5) is 0 Å². The molecule has 3 aromatic carbocycles. The largest absolute Gasteiger partial charge is 0.461 e. The van der Waals surface area contributed by atoms with Gasteiger partial charge >= 0.3 is 5.97 Å². The second-order valence-electron chi connectivity index (χ2n) is 6.15. The van der Waals surface area contributed by atoms with Crippen LogP contribution in [-0.2, 0) is 15.1 Å². The van der Waals surface area contributed by atoms with Crippen molar-refractivity contribution in [3.05, 3.63) is 120 Å². The van der Waals surface area contributed by atoms with Crippen molar-refractivity contribution in [3.63, 3.8) is 0 Å². The van der Waals surface area contributed by atoms with Crippen molar-refractivity contribution in [2.45, 2.75) is 5.54 Å². The Bertz CT molecular complexity index is 770. The molecule has 0 unspecified atom stereocenters. The second-order valence-corrected chi connectivity index (χ2v) is 6.15. The quantitative estimate of drug-likeness (QED) is 0.260. The van der Waals surface area contributed by atoms with E-state index in [1.54, 1.807) is 0 Å². The molecular weight excluding hydrogens is 370 g/mol. The van der Waals surface area contributed by atoms with E-state index in [2.05, 4.69) is 48.3 Å². The first-order chi connectivity index (χ1) is 13.3. The Hall–Kier alpha value is -2.88. The molecular formula is C24H24ClNO2. The summed E-state index contributed by atoms with van der Waals surface area (Å²) in [5.41, 5.74) is 2.82. The number of carbonyl (C=O) groups excluding carboxylic acids is 1. The molecule has 0 fully saturated rings. The zero-order valence-electron chi connectivity index (χ0n) is 15.6. The van der Waals surface area contributed by atoms with E-state index in [9.17, 15) is 4.79 Å². The molecule has 0 saturated heterocycles. The number of benzene rings is 3. The van der Waals surface area contributed by atoms with Crippen LogP contribution in [0.15, 0.2) is 104 Å². The lowest BCUT2D eigenvalue weighted by Gasteiger charge is -2.37. The topological polar surface area (TPSA) is 38.3 Å². The van der Waals surface area contributed by atoms with Gasteiger partial charge in [0.25, 0.3) is 0 Å². The molecule has 0 heterocycles. The third-order valence-electron chi connectivity index (χ3n) is 4.52. The summed E-state index contributed by atoms with van der Waals surface area (Å²) < 4.78 is 5.17. The van der Waals surface area contributed by atoms with Crippen LogP contribution in [0.25, 0.3) is 0 Å². The van der Waals surface area contributed by atoms with Crippen molar-refractivity contribution >= 4 is 18.4 Å². The molecule has 3 nitrogen and oxygen atoms in total. The maximum absolute atomic E-state index is 11.4. The smallest absolute Gasteiger partial charge is 0.330 e. The van der Waals surface area contributed by atoms with Gasteiger partial charge in [0.15, 0.2) is 0 Å². The first kappa shape index (κ1) is 21.4. The van der Waals surface area contributed by atoms with E-state index in [4.69, 9.17) is 4.74 Å². The highest BCUT2D eigenvalue weighted by molar-refractivity contribution is 5.85. The summed E-state index contributed by atoms with van der Waals surface area (Å²) in [5.74, 6) is -0.415. The number of carbonyl (C=O) groups is 1. The predicted molar refractivity (Wildman–Crippen MR) is 116 cm³/mol. The third-order valence-corrected chi connectivity index (χ3v) is 4.52. The Labute approximate surface area is 172 Å². The molecule has 28 heavy (non-hydrogen) atoms. The van der Waals surface area contributed by atoms with Gasteiger partial charge in [0.1, 0.15) is 6.61 Å². The van der Waals surface area contributed by atoms with Gasteiger partial charge in [0.2, 0.25) is 0 Å². The molecule has 0 amide bonds. The molecule has 0 aliphatic rings. The van der Waals surface area contributed by atoms with E-state index in [-0.39, 0.29) is 19.0 Å². The molecule has 0 atom stereocenters. The Morgan fingerprint density at radius 2 is 1.21 bits per heavy atom. The molecule has 0 radical (unpaired) electrons. The summed E-state index contributed by atoms with van der Waals surface area (Å²) in [6, 6.07) is 30.9. The van der Waals surface area contributed by atoms with Gasteiger partial charge in [0.05, 0.1) is 5.54 Å². The lowest BCUT2D eigenvalue weighted by Crippen LogP contribution is -2.46. The first-order valence-corrected chi connectivity index (χ1v) is 8.98. The average Bonchev–Trinajstić information content (AvgIpc) is 2.75. The lowest BCUT2D eigenvalue weighted by molar-refractivity contribution is -0.137. The Morgan fingerprint density at radius 3 is 1.57 bits per heavy atom. The average molecular weight is 394 g/mol. The molecule has 0 aliphatic heterocycles. The minimum Gasteiger partial charge on any atom is -0.461 e. The van der Waals surface area contributed by atoms with Crippen LogP contribution in [0.1, 0.15) is 16.7 Å². The van der Waals surface area contributed by atoms with E-state index in [0.717, 1.165) is 16.7 Å². The van der Waals surface area contributed by atoms with Crippen LogP contribution in [0, 0.1) is 0 Å². The first-order valence-electron chi connectivity index (χ1n) is 8.98. The number of hydrogen-bond donors (Lipinski definition) is 1. The van der Waals surface area contributed by atoms with Crippen molar-refractivity contribution in [1.82, 2.24) is 5.32 Å². The van der Waals surface area contributed by atoms with Crippen LogP contribution < -0.4 is 5.32 Å². The predicted octanol–water partition coefficient (Wildman–Crippen LogP) is 4.72. The molecule has 144 valence electrons. The summed E-state index contributed by atoms with van der Waals surface area (Å²) >= 11 is 0. The fourth-order valence-corrected chi connectivity index (χ4v) is 3.32. The van der Waals surface area contributed by atoms with Gasteiger partial charge in [-0.3, -0.25) is 5.32 Å². The van der Waals surface area contributed by atoms with Gasteiger partial charge in [-0.05, 0) is 16.7 Å². The zero-order chi connectivity index (χ0) is 19.0. The van der Waals surface area contributed by atoms with Crippen LogP contribution in [0.2, 0.25) is 0 Å². The SMILES string of the molecule is C=CC(=O)OCCNC(c1ccccc1)(c1ccccc1)c1ccccc1.Cl. The van der Waals surface area contributed by atoms with Crippen molar-refractivity contribution in [2.24, 2.45) is 0 Å². The molecule has 0 spiro atoms. The Morgan fingerprint density at radius 1 is 0.821 bits per heavy atom. The van der Waals surface area contributed by atoms with Gasteiger partial charge in [-0.15, -0.1) is 12.4 Å². The number of esters is 1. The highest BCUT2D eigenvalue weighted by atomic mass is 35.5. The van der Waals surface area contributed by atoms with Crippen LogP contribution >= 0.6 is 12.4 Å². The van der Waals surface area contributed by atoms with Crippen molar-refractivity contribution in [1.29, 1.82) is 0 Å². The van der Waals surface area contributed by atoms with Crippen LogP contribution in [0.5, 0.6) is 0 Å². The molecule has 0 bridgehead atoms. The van der Waals surface area contributed by atoms with Gasteiger partial charge in [0, 0.05) is 12.6 Å². The van der Waals surface area contributed by atoms with E-state index in [1.165, 1.54) is 6.08 Å². The fraction of sp³-hybridized carbons (Fsp3) is 0.125. The van der Waals surface area contributed by atoms with Crippen molar-refractivity contribution in [2.75, 3.05) is 13.2 Å². The maximum Gasteiger partial charge on any atom is 0.330 e. The Kier molecular flexibility index (Phi) is 8.00. The minimum absolute atomic E-state index is 0. The minimum atomic E-state index is -0.551. The molecule has 4 heteroatoms. The van der Waals surface area contributed by atoms with Crippen LogP contribution in [-0.4, -0.2) is 19.1 Å². The highest BCUT2D eigenvalue weighted by Gasteiger charge is 2.35. The van der Waals surface area contributed by atoms with Gasteiger partial charge < -0.3 is 4.74 Å². The summed E-state index contributed by atoms with van der Waals surface area (Å²) in [5, 5.41) is 3.65. The van der Waals surface area contributed by atoms with Gasteiger partial charge in [-0.25, -0.2) is 4.79 Å². The number of nitrogens with one attached hydrogen (secondary N) is 1. The van der Waals surface area contributed by atoms with Crippen molar-refractivity contribution in [3.8, 4) is 0 Å². The zero-order valence-corrected chi connectivity index (χ0v) is 16.4. The maximum atomic E-state index is 11.4. The monoisotopic (exact) mass is 393 g/mol. The summed E-state index contributed by atoms with van der Waals surface area (Å²) in [7, 11) is 0. The van der Waals surface area contributed by atoms with E-state index >= 15 is 0 Å². The normalized spacial score (nSPS) is 10.6. The van der Waals surface area contributed by atoms with Crippen LogP contribution in [0.3, 0.4) is 0 Å². The van der Waals surface area contributed by atoms with Gasteiger partial charge in [-0.2, -0.15) is 0 Å². The molecule has 0 aliphatic carbocycles. The lowest BCUT2D eigenvalue weighted by atomic mass is 9.77. The van der Waals surface area contributed by atoms with Gasteiger partial charge in [-0.1, -0.05) is 97.6 Å². The fourth-order valence-electron chi connectivity index (χ4n) is 3.32. The standard InChI is InChI=1S/C24H23NO2.ClH/c1-2-23(26)27-19-18-25-24(20-12-6-3-7-13-20,21-14-8-4-9-15-21)22-16-10-5-11-17-22;/h2-17,25H,1,18-19H2;1H. The van der Waals surface area contributed by atoms with E-state index in [0.29, 0.717) is 6.54 Å². The molecule has 3 rings (SSSR count). The highest BCUT2D eigenvalue weighted by Crippen LogP contribution is 2.36. The van der Waals surface area contributed by atoms with E-state index < -0.39 is 11.5 Å². The summed E-state index contributed by atoms with van der Waals surface area (Å²) in [6.07, 6.45) is 1.18. The van der Waals surface area contributed by atoms with E-state index in [1.807, 2.05) is 54.6 Å². The summed E-state index contributed by atoms with van der Waals surface area (Å²) in [6.45, 7) is 4.20. The number of rotatable bonds is 8. The van der Waals surface area contributed by atoms with Crippen molar-refractivity contribution < 1.29 is 9.53 Å². The number of ether oxygens (including phenoxy) is 1.